The third-order valence-electron chi connectivity index (χ3n) is 5.22. The molecule has 0 radical (unpaired) electrons. The van der Waals surface area contributed by atoms with E-state index in [1.54, 1.807) is 0 Å². The first-order chi connectivity index (χ1) is 9.69. The highest BCUT2D eigenvalue weighted by molar-refractivity contribution is 5.23. The summed E-state index contributed by atoms with van der Waals surface area (Å²) in [6, 6.07) is 3.98. The molecule has 0 amide bonds. The average molecular weight is 279 g/mol. The van der Waals surface area contributed by atoms with Gasteiger partial charge in [0.2, 0.25) is 0 Å². The SMILES string of the molecule is CCNC(CC1CC2CCC1C2)c1c(F)cccc1F. The molecule has 2 saturated carbocycles. The monoisotopic (exact) mass is 279 g/mol. The van der Waals surface area contributed by atoms with E-state index in [4.69, 9.17) is 0 Å². The molecule has 0 spiro atoms. The summed E-state index contributed by atoms with van der Waals surface area (Å²) in [6.45, 7) is 2.73. The van der Waals surface area contributed by atoms with Gasteiger partial charge in [-0.2, -0.15) is 0 Å². The van der Waals surface area contributed by atoms with Crippen molar-refractivity contribution in [2.45, 2.75) is 45.1 Å². The van der Waals surface area contributed by atoms with Crippen LogP contribution in [0.15, 0.2) is 18.2 Å². The number of fused-ring (bicyclic) bond motifs is 2. The van der Waals surface area contributed by atoms with Crippen molar-refractivity contribution in [2.24, 2.45) is 17.8 Å². The number of rotatable bonds is 5. The molecule has 1 aromatic rings. The van der Waals surface area contributed by atoms with Gasteiger partial charge in [-0.25, -0.2) is 8.78 Å². The summed E-state index contributed by atoms with van der Waals surface area (Å²) in [5.74, 6) is 1.46. The largest absolute Gasteiger partial charge is 0.310 e. The van der Waals surface area contributed by atoms with Crippen LogP contribution in [0.4, 0.5) is 8.78 Å². The Hall–Kier alpha value is -0.960. The number of benzene rings is 1. The fourth-order valence-corrected chi connectivity index (χ4v) is 4.36. The molecule has 0 aliphatic heterocycles. The molecule has 4 unspecified atom stereocenters. The third kappa shape index (κ3) is 2.60. The van der Waals surface area contributed by atoms with E-state index >= 15 is 0 Å². The number of hydrogen-bond donors (Lipinski definition) is 1. The van der Waals surface area contributed by atoms with Gasteiger partial charge in [0.25, 0.3) is 0 Å². The minimum absolute atomic E-state index is 0.189. The summed E-state index contributed by atoms with van der Waals surface area (Å²) in [7, 11) is 0. The Morgan fingerprint density at radius 3 is 2.50 bits per heavy atom. The maximum absolute atomic E-state index is 14.0. The fraction of sp³-hybridized carbons (Fsp3) is 0.647. The molecule has 2 aliphatic carbocycles. The molecular formula is C17H23F2N. The predicted molar refractivity (Wildman–Crippen MR) is 76.3 cm³/mol. The Balaban J connectivity index is 1.78. The maximum Gasteiger partial charge on any atom is 0.130 e. The zero-order chi connectivity index (χ0) is 14.1. The van der Waals surface area contributed by atoms with Gasteiger partial charge in [-0.1, -0.05) is 19.4 Å². The molecule has 1 N–H and O–H groups in total. The summed E-state index contributed by atoms with van der Waals surface area (Å²) in [5, 5.41) is 3.29. The molecule has 1 aromatic carbocycles. The van der Waals surface area contributed by atoms with Crippen LogP contribution in [0.5, 0.6) is 0 Å². The van der Waals surface area contributed by atoms with Crippen LogP contribution >= 0.6 is 0 Å². The highest BCUT2D eigenvalue weighted by atomic mass is 19.1. The van der Waals surface area contributed by atoms with Gasteiger partial charge in [0.15, 0.2) is 0 Å². The second kappa shape index (κ2) is 5.80. The van der Waals surface area contributed by atoms with Crippen molar-refractivity contribution in [2.75, 3.05) is 6.54 Å². The lowest BCUT2D eigenvalue weighted by Crippen LogP contribution is -2.27. The molecule has 0 aromatic heterocycles. The average Bonchev–Trinajstić information content (AvgIpc) is 3.01. The quantitative estimate of drug-likeness (QED) is 0.840. The molecule has 110 valence electrons. The lowest BCUT2D eigenvalue weighted by Gasteiger charge is -2.28. The lowest BCUT2D eigenvalue weighted by molar-refractivity contribution is 0.275. The molecule has 2 bridgehead atoms. The van der Waals surface area contributed by atoms with Crippen molar-refractivity contribution >= 4 is 0 Å². The minimum atomic E-state index is -0.417. The summed E-state index contributed by atoms with van der Waals surface area (Å²) in [4.78, 5) is 0. The van der Waals surface area contributed by atoms with Crippen molar-refractivity contribution in [3.8, 4) is 0 Å². The van der Waals surface area contributed by atoms with Crippen LogP contribution in [-0.4, -0.2) is 6.54 Å². The summed E-state index contributed by atoms with van der Waals surface area (Å²) in [6.07, 6.45) is 6.13. The van der Waals surface area contributed by atoms with Crippen LogP contribution < -0.4 is 5.32 Å². The minimum Gasteiger partial charge on any atom is -0.310 e. The van der Waals surface area contributed by atoms with E-state index in [9.17, 15) is 8.78 Å². The van der Waals surface area contributed by atoms with E-state index in [2.05, 4.69) is 5.32 Å². The second-order valence-electron chi connectivity index (χ2n) is 6.42. The molecule has 0 saturated heterocycles. The Kier molecular flexibility index (Phi) is 4.06. The normalized spacial score (nSPS) is 29.9. The molecule has 4 atom stereocenters. The first-order valence-corrected chi connectivity index (χ1v) is 7.86. The number of hydrogen-bond acceptors (Lipinski definition) is 1. The van der Waals surface area contributed by atoms with E-state index < -0.39 is 11.6 Å². The molecule has 2 aliphatic rings. The molecule has 2 fully saturated rings. The van der Waals surface area contributed by atoms with Crippen molar-refractivity contribution in [3.05, 3.63) is 35.4 Å². The van der Waals surface area contributed by atoms with Gasteiger partial charge in [0.05, 0.1) is 0 Å². The van der Waals surface area contributed by atoms with Crippen molar-refractivity contribution in [1.29, 1.82) is 0 Å². The van der Waals surface area contributed by atoms with Gasteiger partial charge in [0, 0.05) is 11.6 Å². The highest BCUT2D eigenvalue weighted by Crippen LogP contribution is 2.51. The van der Waals surface area contributed by atoms with Gasteiger partial charge in [-0.3, -0.25) is 0 Å². The molecule has 20 heavy (non-hydrogen) atoms. The van der Waals surface area contributed by atoms with Gasteiger partial charge in [0.1, 0.15) is 11.6 Å². The Morgan fingerprint density at radius 2 is 1.95 bits per heavy atom. The zero-order valence-corrected chi connectivity index (χ0v) is 12.0. The highest BCUT2D eigenvalue weighted by Gasteiger charge is 2.40. The standard InChI is InChI=1S/C17H23F2N/c1-2-20-16(17-14(18)4-3-5-15(17)19)10-13-9-11-6-7-12(13)8-11/h3-5,11-13,16,20H,2,6-10H2,1H3. The van der Waals surface area contributed by atoms with Crippen molar-refractivity contribution in [3.63, 3.8) is 0 Å². The topological polar surface area (TPSA) is 12.0 Å². The van der Waals surface area contributed by atoms with Crippen LogP contribution in [0.1, 0.15) is 50.6 Å². The van der Waals surface area contributed by atoms with Crippen LogP contribution in [-0.2, 0) is 0 Å². The second-order valence-corrected chi connectivity index (χ2v) is 6.42. The van der Waals surface area contributed by atoms with Gasteiger partial charge >= 0.3 is 0 Å². The first kappa shape index (κ1) is 14.0. The first-order valence-electron chi connectivity index (χ1n) is 7.86. The van der Waals surface area contributed by atoms with E-state index in [1.807, 2.05) is 6.92 Å². The smallest absolute Gasteiger partial charge is 0.130 e. The number of halogens is 2. The van der Waals surface area contributed by atoms with Gasteiger partial charge < -0.3 is 5.32 Å². The Bertz CT molecular complexity index is 454. The van der Waals surface area contributed by atoms with Crippen LogP contribution in [0.2, 0.25) is 0 Å². The van der Waals surface area contributed by atoms with E-state index in [-0.39, 0.29) is 11.6 Å². The Morgan fingerprint density at radius 1 is 1.20 bits per heavy atom. The summed E-state index contributed by atoms with van der Waals surface area (Å²) < 4.78 is 28.0. The molecule has 0 heterocycles. The maximum atomic E-state index is 14.0. The van der Waals surface area contributed by atoms with Crippen molar-refractivity contribution < 1.29 is 8.78 Å². The zero-order valence-electron chi connectivity index (χ0n) is 12.0. The third-order valence-corrected chi connectivity index (χ3v) is 5.22. The molecule has 3 heteroatoms. The van der Waals surface area contributed by atoms with Crippen LogP contribution in [0, 0.1) is 29.4 Å². The summed E-state index contributed by atoms with van der Waals surface area (Å²) in [5.41, 5.74) is 0.233. The lowest BCUT2D eigenvalue weighted by atomic mass is 9.82. The van der Waals surface area contributed by atoms with Crippen LogP contribution in [0.3, 0.4) is 0 Å². The Labute approximate surface area is 119 Å². The predicted octanol–water partition coefficient (Wildman–Crippen LogP) is 4.44. The van der Waals surface area contributed by atoms with E-state index in [0.717, 1.165) is 24.8 Å². The molecule has 3 rings (SSSR count). The number of nitrogens with one attached hydrogen (secondary N) is 1. The summed E-state index contributed by atoms with van der Waals surface area (Å²) >= 11 is 0. The molecular weight excluding hydrogens is 256 g/mol. The van der Waals surface area contributed by atoms with Crippen molar-refractivity contribution in [1.82, 2.24) is 5.32 Å². The van der Waals surface area contributed by atoms with Gasteiger partial charge in [-0.05, 0) is 62.1 Å². The van der Waals surface area contributed by atoms with E-state index in [0.29, 0.717) is 5.92 Å². The van der Waals surface area contributed by atoms with Gasteiger partial charge in [-0.15, -0.1) is 0 Å². The molecule has 1 nitrogen and oxygen atoms in total. The fourth-order valence-electron chi connectivity index (χ4n) is 4.36. The van der Waals surface area contributed by atoms with Crippen LogP contribution in [0.25, 0.3) is 0 Å². The van der Waals surface area contributed by atoms with E-state index in [1.165, 1.54) is 43.9 Å².